The predicted molar refractivity (Wildman–Crippen MR) is 87.2 cm³/mol. The highest BCUT2D eigenvalue weighted by atomic mass is 35.5. The number of fused-ring (bicyclic) bond motifs is 1. The third-order valence-corrected chi connectivity index (χ3v) is 4.11. The highest BCUT2D eigenvalue weighted by molar-refractivity contribution is 6.31. The Morgan fingerprint density at radius 1 is 1.48 bits per heavy atom. The Morgan fingerprint density at radius 3 is 3.00 bits per heavy atom. The average molecular weight is 308 g/mol. The second kappa shape index (κ2) is 5.85. The first kappa shape index (κ1) is 14.7. The molecule has 0 aliphatic carbocycles. The van der Waals surface area contributed by atoms with E-state index in [1.807, 2.05) is 12.1 Å². The van der Waals surface area contributed by atoms with E-state index >= 15 is 0 Å². The lowest BCUT2D eigenvalue weighted by molar-refractivity contribution is 0.455. The van der Waals surface area contributed by atoms with Crippen molar-refractivity contribution in [2.45, 2.75) is 33.2 Å². The first-order chi connectivity index (χ1) is 10.0. The molecular weight excluding hydrogens is 286 g/mol. The summed E-state index contributed by atoms with van der Waals surface area (Å²) < 4.78 is 6.09. The molecule has 5 heteroatoms. The number of piperazine rings is 1. The standard InChI is InChI=1S/C16H22ClN3O/c1-10(2)6-12-7-13(17)8-14-15(12)21-16(19-14)20-5-4-18-9-11(20)3/h7-8,10-11,18H,4-6,9H2,1-3H3. The Morgan fingerprint density at radius 2 is 2.29 bits per heavy atom. The topological polar surface area (TPSA) is 41.3 Å². The van der Waals surface area contributed by atoms with E-state index in [1.165, 1.54) is 0 Å². The molecule has 0 saturated carbocycles. The molecule has 114 valence electrons. The maximum Gasteiger partial charge on any atom is 0.298 e. The van der Waals surface area contributed by atoms with Crippen molar-refractivity contribution in [3.63, 3.8) is 0 Å². The maximum atomic E-state index is 6.23. The summed E-state index contributed by atoms with van der Waals surface area (Å²) in [6, 6.07) is 4.99. The minimum Gasteiger partial charge on any atom is -0.423 e. The number of hydrogen-bond acceptors (Lipinski definition) is 4. The fourth-order valence-electron chi connectivity index (χ4n) is 2.89. The Kier molecular flexibility index (Phi) is 4.09. The van der Waals surface area contributed by atoms with Crippen LogP contribution in [0.15, 0.2) is 16.5 Å². The number of nitrogens with one attached hydrogen (secondary N) is 1. The largest absolute Gasteiger partial charge is 0.423 e. The van der Waals surface area contributed by atoms with Gasteiger partial charge in [-0.15, -0.1) is 0 Å². The zero-order valence-corrected chi connectivity index (χ0v) is 13.6. The van der Waals surface area contributed by atoms with Gasteiger partial charge in [0.1, 0.15) is 5.52 Å². The normalized spacial score (nSPS) is 19.7. The predicted octanol–water partition coefficient (Wildman–Crippen LogP) is 3.48. The quantitative estimate of drug-likeness (QED) is 0.942. The number of rotatable bonds is 3. The number of benzene rings is 1. The van der Waals surface area contributed by atoms with Gasteiger partial charge in [0.2, 0.25) is 0 Å². The maximum absolute atomic E-state index is 6.23. The number of halogens is 1. The van der Waals surface area contributed by atoms with Gasteiger partial charge in [-0.25, -0.2) is 0 Å². The molecule has 21 heavy (non-hydrogen) atoms. The Labute approximate surface area is 130 Å². The number of anilines is 1. The van der Waals surface area contributed by atoms with Crippen molar-refractivity contribution in [3.05, 3.63) is 22.7 Å². The van der Waals surface area contributed by atoms with Crippen molar-refractivity contribution in [2.24, 2.45) is 5.92 Å². The molecule has 1 fully saturated rings. The van der Waals surface area contributed by atoms with Gasteiger partial charge in [0, 0.05) is 30.7 Å². The summed E-state index contributed by atoms with van der Waals surface area (Å²) in [5.41, 5.74) is 2.89. The molecule has 1 saturated heterocycles. The van der Waals surface area contributed by atoms with Crippen molar-refractivity contribution < 1.29 is 4.42 Å². The van der Waals surface area contributed by atoms with Gasteiger partial charge in [-0.3, -0.25) is 0 Å². The lowest BCUT2D eigenvalue weighted by Crippen LogP contribution is -2.50. The van der Waals surface area contributed by atoms with Gasteiger partial charge in [-0.05, 0) is 37.0 Å². The van der Waals surface area contributed by atoms with E-state index < -0.39 is 0 Å². The summed E-state index contributed by atoms with van der Waals surface area (Å²) in [6.07, 6.45) is 0.947. The molecule has 1 N–H and O–H groups in total. The third-order valence-electron chi connectivity index (χ3n) is 3.90. The number of aromatic nitrogens is 1. The zero-order valence-electron chi connectivity index (χ0n) is 12.8. The van der Waals surface area contributed by atoms with Crippen LogP contribution in [0.3, 0.4) is 0 Å². The van der Waals surface area contributed by atoms with Gasteiger partial charge < -0.3 is 14.6 Å². The molecule has 1 aliphatic rings. The van der Waals surface area contributed by atoms with Crippen molar-refractivity contribution in [1.82, 2.24) is 10.3 Å². The van der Waals surface area contributed by atoms with Gasteiger partial charge in [0.25, 0.3) is 6.01 Å². The molecule has 1 atom stereocenters. The molecule has 1 aromatic heterocycles. The monoisotopic (exact) mass is 307 g/mol. The van der Waals surface area contributed by atoms with Crippen LogP contribution in [0.2, 0.25) is 5.02 Å². The second-order valence-electron chi connectivity index (χ2n) is 6.25. The molecule has 1 unspecified atom stereocenters. The smallest absolute Gasteiger partial charge is 0.298 e. The summed E-state index contributed by atoms with van der Waals surface area (Å²) in [4.78, 5) is 6.89. The molecule has 0 amide bonds. The molecule has 0 bridgehead atoms. The van der Waals surface area contributed by atoms with Crippen LogP contribution >= 0.6 is 11.6 Å². The zero-order chi connectivity index (χ0) is 15.0. The third kappa shape index (κ3) is 3.01. The molecule has 0 spiro atoms. The van der Waals surface area contributed by atoms with E-state index in [2.05, 4.69) is 36.0 Å². The van der Waals surface area contributed by atoms with E-state index in [-0.39, 0.29) is 0 Å². The van der Waals surface area contributed by atoms with Crippen LogP contribution < -0.4 is 10.2 Å². The molecule has 4 nitrogen and oxygen atoms in total. The minimum atomic E-state index is 0.385. The first-order valence-corrected chi connectivity index (χ1v) is 7.98. The highest BCUT2D eigenvalue weighted by Crippen LogP contribution is 2.30. The fourth-order valence-corrected chi connectivity index (χ4v) is 3.13. The summed E-state index contributed by atoms with van der Waals surface area (Å²) in [5.74, 6) is 0.554. The van der Waals surface area contributed by atoms with E-state index in [0.29, 0.717) is 18.0 Å². The first-order valence-electron chi connectivity index (χ1n) is 7.61. The summed E-state index contributed by atoms with van der Waals surface area (Å²) in [5, 5.41) is 4.11. The Hall–Kier alpha value is -1.26. The van der Waals surface area contributed by atoms with Crippen LogP contribution in [0, 0.1) is 5.92 Å². The Bertz CT molecular complexity index is 638. The lowest BCUT2D eigenvalue weighted by Gasteiger charge is -2.32. The van der Waals surface area contributed by atoms with Crippen molar-refractivity contribution >= 4 is 28.7 Å². The summed E-state index contributed by atoms with van der Waals surface area (Å²) in [6.45, 7) is 9.41. The summed E-state index contributed by atoms with van der Waals surface area (Å²) in [7, 11) is 0. The van der Waals surface area contributed by atoms with Gasteiger partial charge in [-0.1, -0.05) is 25.4 Å². The molecular formula is C16H22ClN3O. The van der Waals surface area contributed by atoms with Crippen molar-refractivity contribution in [1.29, 1.82) is 0 Å². The van der Waals surface area contributed by atoms with Gasteiger partial charge in [-0.2, -0.15) is 4.98 Å². The second-order valence-corrected chi connectivity index (χ2v) is 6.69. The minimum absolute atomic E-state index is 0.385. The lowest BCUT2D eigenvalue weighted by atomic mass is 10.0. The number of nitrogens with zero attached hydrogens (tertiary/aromatic N) is 2. The number of oxazole rings is 1. The van der Waals surface area contributed by atoms with Gasteiger partial charge >= 0.3 is 0 Å². The molecule has 0 radical (unpaired) electrons. The van der Waals surface area contributed by atoms with Gasteiger partial charge in [0.05, 0.1) is 0 Å². The highest BCUT2D eigenvalue weighted by Gasteiger charge is 2.23. The molecule has 1 aromatic carbocycles. The van der Waals surface area contributed by atoms with E-state index in [0.717, 1.165) is 47.7 Å². The van der Waals surface area contributed by atoms with Crippen LogP contribution in [-0.2, 0) is 6.42 Å². The van der Waals surface area contributed by atoms with E-state index in [1.54, 1.807) is 0 Å². The van der Waals surface area contributed by atoms with Crippen molar-refractivity contribution in [3.8, 4) is 0 Å². The average Bonchev–Trinajstić information content (AvgIpc) is 2.82. The van der Waals surface area contributed by atoms with Crippen LogP contribution in [0.1, 0.15) is 26.3 Å². The molecule has 2 aromatic rings. The van der Waals surface area contributed by atoms with Crippen LogP contribution in [0.25, 0.3) is 11.1 Å². The Balaban J connectivity index is 2.02. The van der Waals surface area contributed by atoms with Crippen LogP contribution in [0.5, 0.6) is 0 Å². The van der Waals surface area contributed by atoms with Crippen molar-refractivity contribution in [2.75, 3.05) is 24.5 Å². The van der Waals surface area contributed by atoms with Crippen LogP contribution in [0.4, 0.5) is 6.01 Å². The van der Waals surface area contributed by atoms with E-state index in [4.69, 9.17) is 16.0 Å². The van der Waals surface area contributed by atoms with Gasteiger partial charge in [0.15, 0.2) is 5.58 Å². The molecule has 1 aliphatic heterocycles. The molecule has 2 heterocycles. The number of hydrogen-bond donors (Lipinski definition) is 1. The van der Waals surface area contributed by atoms with E-state index in [9.17, 15) is 0 Å². The fraction of sp³-hybridized carbons (Fsp3) is 0.562. The SMILES string of the molecule is CC(C)Cc1cc(Cl)cc2nc(N3CCNCC3C)oc12. The summed E-state index contributed by atoms with van der Waals surface area (Å²) >= 11 is 6.23. The molecule has 3 rings (SSSR count). The van der Waals surface area contributed by atoms with Crippen LogP contribution in [-0.4, -0.2) is 30.7 Å².